The lowest BCUT2D eigenvalue weighted by Gasteiger charge is -2.14. The molecule has 0 saturated heterocycles. The van der Waals surface area contributed by atoms with E-state index in [0.717, 1.165) is 20.9 Å². The molecule has 0 bridgehead atoms. The molecule has 1 atom stereocenters. The Morgan fingerprint density at radius 1 is 1.50 bits per heavy atom. The van der Waals surface area contributed by atoms with Gasteiger partial charge in [-0.15, -0.1) is 22.9 Å². The minimum Gasteiger partial charge on any atom is -0.482 e. The van der Waals surface area contributed by atoms with E-state index in [1.807, 2.05) is 37.4 Å². The van der Waals surface area contributed by atoms with Gasteiger partial charge in [-0.2, -0.15) is 0 Å². The molecule has 96 valence electrons. The quantitative estimate of drug-likeness (QED) is 0.719. The third-order valence-corrected chi connectivity index (χ3v) is 4.39. The summed E-state index contributed by atoms with van der Waals surface area (Å²) in [5, 5.41) is 2.91. The summed E-state index contributed by atoms with van der Waals surface area (Å²) < 4.78 is 6.86. The maximum absolute atomic E-state index is 5.90. The Hall–Kier alpha value is -0.580. The molecule has 2 nitrogen and oxygen atoms in total. The van der Waals surface area contributed by atoms with Crippen LogP contribution in [0.25, 0.3) is 0 Å². The van der Waals surface area contributed by atoms with Crippen molar-refractivity contribution in [2.75, 3.05) is 0 Å². The zero-order valence-corrected chi connectivity index (χ0v) is 13.3. The molecule has 0 aliphatic carbocycles. The van der Waals surface area contributed by atoms with Gasteiger partial charge >= 0.3 is 0 Å². The maximum Gasteiger partial charge on any atom is 0.147 e. The van der Waals surface area contributed by atoms with Gasteiger partial charge in [-0.25, -0.2) is 4.98 Å². The second kappa shape index (κ2) is 6.04. The van der Waals surface area contributed by atoms with E-state index < -0.39 is 0 Å². The number of halogens is 2. The average molecular weight is 347 g/mol. The summed E-state index contributed by atoms with van der Waals surface area (Å²) >= 11 is 10.8. The van der Waals surface area contributed by atoms with E-state index in [1.165, 1.54) is 5.56 Å². The predicted molar refractivity (Wildman–Crippen MR) is 79.6 cm³/mol. The maximum atomic E-state index is 5.90. The number of benzene rings is 1. The van der Waals surface area contributed by atoms with Gasteiger partial charge in [0.1, 0.15) is 16.9 Å². The molecule has 0 saturated carbocycles. The fraction of sp³-hybridized carbons (Fsp3) is 0.308. The van der Waals surface area contributed by atoms with Gasteiger partial charge in [0.05, 0.1) is 16.0 Å². The number of rotatable bonds is 4. The molecule has 0 fully saturated rings. The van der Waals surface area contributed by atoms with Crippen LogP contribution in [0.5, 0.6) is 5.75 Å². The van der Waals surface area contributed by atoms with Crippen molar-refractivity contribution in [2.24, 2.45) is 0 Å². The van der Waals surface area contributed by atoms with Crippen molar-refractivity contribution in [3.05, 3.63) is 44.3 Å². The first-order valence-electron chi connectivity index (χ1n) is 5.53. The predicted octanol–water partition coefficient (Wildman–Crippen LogP) is 5.09. The summed E-state index contributed by atoms with van der Waals surface area (Å²) in [4.78, 5) is 4.42. The molecule has 0 spiro atoms. The lowest BCUT2D eigenvalue weighted by atomic mass is 10.2. The van der Waals surface area contributed by atoms with Crippen molar-refractivity contribution in [3.63, 3.8) is 0 Å². The molecule has 18 heavy (non-hydrogen) atoms. The van der Waals surface area contributed by atoms with Gasteiger partial charge in [0.25, 0.3) is 0 Å². The molecule has 2 aromatic rings. The minimum absolute atomic E-state index is 0.0778. The van der Waals surface area contributed by atoms with Crippen LogP contribution in [-0.4, -0.2) is 4.98 Å². The van der Waals surface area contributed by atoms with Crippen molar-refractivity contribution >= 4 is 38.9 Å². The second-order valence-electron chi connectivity index (χ2n) is 4.00. The van der Waals surface area contributed by atoms with Gasteiger partial charge in [0.15, 0.2) is 0 Å². The van der Waals surface area contributed by atoms with Crippen LogP contribution >= 0.6 is 38.9 Å². The minimum atomic E-state index is -0.0778. The Morgan fingerprint density at radius 2 is 2.28 bits per heavy atom. The number of aryl methyl sites for hydroxylation is 1. The third-order valence-electron chi connectivity index (χ3n) is 2.45. The van der Waals surface area contributed by atoms with Crippen LogP contribution in [0.4, 0.5) is 0 Å². The SMILES string of the molecule is Cc1ccc(OC(C)c2nc(CCl)cs2)c(Br)c1. The third kappa shape index (κ3) is 3.25. The van der Waals surface area contributed by atoms with Gasteiger partial charge in [0.2, 0.25) is 0 Å². The molecule has 0 aliphatic rings. The molecule has 0 aliphatic heterocycles. The molecule has 1 aromatic heterocycles. The summed E-state index contributed by atoms with van der Waals surface area (Å²) in [5.74, 6) is 1.27. The Labute approximate surface area is 124 Å². The highest BCUT2D eigenvalue weighted by Crippen LogP contribution is 2.31. The lowest BCUT2D eigenvalue weighted by Crippen LogP contribution is -2.03. The highest BCUT2D eigenvalue weighted by atomic mass is 79.9. The van der Waals surface area contributed by atoms with Crippen molar-refractivity contribution in [2.45, 2.75) is 25.8 Å². The normalized spacial score (nSPS) is 12.4. The van der Waals surface area contributed by atoms with Crippen molar-refractivity contribution in [1.29, 1.82) is 0 Å². The van der Waals surface area contributed by atoms with E-state index in [4.69, 9.17) is 16.3 Å². The number of hydrogen-bond donors (Lipinski definition) is 0. The van der Waals surface area contributed by atoms with E-state index in [9.17, 15) is 0 Å². The first-order valence-corrected chi connectivity index (χ1v) is 7.74. The van der Waals surface area contributed by atoms with Crippen molar-refractivity contribution < 1.29 is 4.74 Å². The molecular weight excluding hydrogens is 334 g/mol. The Morgan fingerprint density at radius 3 is 2.89 bits per heavy atom. The second-order valence-corrected chi connectivity index (χ2v) is 6.02. The largest absolute Gasteiger partial charge is 0.482 e. The molecule has 1 heterocycles. The first-order chi connectivity index (χ1) is 8.60. The number of nitrogens with zero attached hydrogens (tertiary/aromatic N) is 1. The molecule has 1 unspecified atom stereocenters. The Balaban J connectivity index is 2.13. The Kier molecular flexibility index (Phi) is 4.65. The van der Waals surface area contributed by atoms with Crippen molar-refractivity contribution in [3.8, 4) is 5.75 Å². The van der Waals surface area contributed by atoms with E-state index >= 15 is 0 Å². The van der Waals surface area contributed by atoms with Crippen LogP contribution in [-0.2, 0) is 5.88 Å². The highest BCUT2D eigenvalue weighted by molar-refractivity contribution is 9.10. The van der Waals surface area contributed by atoms with E-state index in [2.05, 4.69) is 20.9 Å². The van der Waals surface area contributed by atoms with Gasteiger partial charge in [0, 0.05) is 5.38 Å². The number of hydrogen-bond acceptors (Lipinski definition) is 3. The van der Waals surface area contributed by atoms with E-state index in [0.29, 0.717) is 5.88 Å². The van der Waals surface area contributed by atoms with Crippen LogP contribution in [0.2, 0.25) is 0 Å². The first kappa shape index (κ1) is 13.8. The molecule has 0 amide bonds. The lowest BCUT2D eigenvalue weighted by molar-refractivity contribution is 0.224. The van der Waals surface area contributed by atoms with Crippen LogP contribution < -0.4 is 4.74 Å². The molecule has 1 aromatic carbocycles. The van der Waals surface area contributed by atoms with Crippen LogP contribution in [0.1, 0.15) is 29.3 Å². The van der Waals surface area contributed by atoms with Crippen LogP contribution in [0.3, 0.4) is 0 Å². The molecule has 5 heteroatoms. The summed E-state index contributed by atoms with van der Waals surface area (Å²) in [7, 11) is 0. The van der Waals surface area contributed by atoms with Gasteiger partial charge in [-0.3, -0.25) is 0 Å². The zero-order valence-electron chi connectivity index (χ0n) is 10.1. The zero-order chi connectivity index (χ0) is 13.1. The molecule has 2 rings (SSSR count). The van der Waals surface area contributed by atoms with Gasteiger partial charge in [-0.1, -0.05) is 6.07 Å². The smallest absolute Gasteiger partial charge is 0.147 e. The van der Waals surface area contributed by atoms with Gasteiger partial charge < -0.3 is 4.74 Å². The number of ether oxygens (including phenoxy) is 1. The van der Waals surface area contributed by atoms with Gasteiger partial charge in [-0.05, 0) is 47.5 Å². The van der Waals surface area contributed by atoms with Crippen LogP contribution in [0.15, 0.2) is 28.1 Å². The van der Waals surface area contributed by atoms with Crippen LogP contribution in [0, 0.1) is 6.92 Å². The monoisotopic (exact) mass is 345 g/mol. The standard InChI is InChI=1S/C13H13BrClNOS/c1-8-3-4-12(11(14)5-8)17-9(2)13-16-10(6-15)7-18-13/h3-5,7,9H,6H2,1-2H3. The summed E-state index contributed by atoms with van der Waals surface area (Å²) in [6.07, 6.45) is -0.0778. The van der Waals surface area contributed by atoms with E-state index in [1.54, 1.807) is 11.3 Å². The van der Waals surface area contributed by atoms with Crippen molar-refractivity contribution in [1.82, 2.24) is 4.98 Å². The Bertz CT molecular complexity index is 544. The fourth-order valence-electron chi connectivity index (χ4n) is 1.51. The van der Waals surface area contributed by atoms with E-state index in [-0.39, 0.29) is 6.10 Å². The topological polar surface area (TPSA) is 22.1 Å². The molecule has 0 N–H and O–H groups in total. The summed E-state index contributed by atoms with van der Waals surface area (Å²) in [5.41, 5.74) is 2.09. The number of alkyl halides is 1. The highest BCUT2D eigenvalue weighted by Gasteiger charge is 2.13. The molecular formula is C13H13BrClNOS. The number of aromatic nitrogens is 1. The summed E-state index contributed by atoms with van der Waals surface area (Å²) in [6.45, 7) is 4.04. The summed E-state index contributed by atoms with van der Waals surface area (Å²) in [6, 6.07) is 6.03. The number of thiazole rings is 1. The fourth-order valence-corrected chi connectivity index (χ4v) is 3.13. The molecule has 0 radical (unpaired) electrons. The average Bonchev–Trinajstić information content (AvgIpc) is 2.81.